The van der Waals surface area contributed by atoms with E-state index in [2.05, 4.69) is 33.6 Å². The molecule has 0 aromatic carbocycles. The van der Waals surface area contributed by atoms with E-state index in [0.29, 0.717) is 12.1 Å². The van der Waals surface area contributed by atoms with Crippen LogP contribution in [0.5, 0.6) is 0 Å². The minimum Gasteiger partial charge on any atom is -0.331 e. The van der Waals surface area contributed by atoms with Crippen LogP contribution in [0, 0.1) is 0 Å². The summed E-state index contributed by atoms with van der Waals surface area (Å²) in [5, 5.41) is 3.74. The van der Waals surface area contributed by atoms with Crippen molar-refractivity contribution in [3.8, 4) is 0 Å². The molecule has 1 aromatic rings. The van der Waals surface area contributed by atoms with E-state index in [9.17, 15) is 0 Å². The van der Waals surface area contributed by atoms with Crippen molar-refractivity contribution in [1.82, 2.24) is 19.8 Å². The van der Waals surface area contributed by atoms with Gasteiger partial charge in [0.05, 0.1) is 12.0 Å². The van der Waals surface area contributed by atoms with Crippen molar-refractivity contribution in [2.75, 3.05) is 13.1 Å². The van der Waals surface area contributed by atoms with Crippen LogP contribution in [0.25, 0.3) is 0 Å². The molecule has 3 heterocycles. The lowest BCUT2D eigenvalue weighted by molar-refractivity contribution is 0.166. The third-order valence-corrected chi connectivity index (χ3v) is 4.69. The summed E-state index contributed by atoms with van der Waals surface area (Å²) < 4.78 is 2.26. The normalized spacial score (nSPS) is 27.9. The lowest BCUT2D eigenvalue weighted by Gasteiger charge is -2.35. The summed E-state index contributed by atoms with van der Waals surface area (Å²) in [7, 11) is 0. The molecule has 0 amide bonds. The van der Waals surface area contributed by atoms with Crippen molar-refractivity contribution in [3.63, 3.8) is 0 Å². The lowest BCUT2D eigenvalue weighted by Crippen LogP contribution is -2.45. The van der Waals surface area contributed by atoms with E-state index in [1.807, 2.05) is 12.5 Å². The van der Waals surface area contributed by atoms with Crippen LogP contribution in [0.3, 0.4) is 0 Å². The maximum atomic E-state index is 4.28. The van der Waals surface area contributed by atoms with Crippen molar-refractivity contribution in [2.45, 2.75) is 64.2 Å². The van der Waals surface area contributed by atoms with Gasteiger partial charge in [0.25, 0.3) is 0 Å². The first kappa shape index (κ1) is 13.1. The van der Waals surface area contributed by atoms with Crippen LogP contribution >= 0.6 is 0 Å². The number of piperidine rings is 1. The van der Waals surface area contributed by atoms with Crippen LogP contribution in [0.15, 0.2) is 12.5 Å². The summed E-state index contributed by atoms with van der Waals surface area (Å²) >= 11 is 0. The highest BCUT2D eigenvalue weighted by molar-refractivity contribution is 5.00. The van der Waals surface area contributed by atoms with Crippen molar-refractivity contribution in [3.05, 3.63) is 18.2 Å². The Bertz CT molecular complexity index is 412. The van der Waals surface area contributed by atoms with Gasteiger partial charge in [-0.05, 0) is 52.6 Å². The van der Waals surface area contributed by atoms with Crippen LogP contribution in [0.2, 0.25) is 0 Å². The number of hydrogen-bond acceptors (Lipinski definition) is 3. The Kier molecular flexibility index (Phi) is 3.89. The Morgan fingerprint density at radius 1 is 1.37 bits per heavy atom. The number of imidazole rings is 1. The van der Waals surface area contributed by atoms with Crippen LogP contribution < -0.4 is 5.32 Å². The zero-order valence-corrected chi connectivity index (χ0v) is 12.2. The van der Waals surface area contributed by atoms with Gasteiger partial charge < -0.3 is 14.8 Å². The molecule has 0 saturated carbocycles. The Morgan fingerprint density at radius 3 is 3.11 bits per heavy atom. The van der Waals surface area contributed by atoms with Gasteiger partial charge >= 0.3 is 0 Å². The number of nitrogens with one attached hydrogen (secondary N) is 1. The minimum atomic E-state index is 0.496. The van der Waals surface area contributed by atoms with Gasteiger partial charge in [-0.15, -0.1) is 0 Å². The van der Waals surface area contributed by atoms with E-state index in [-0.39, 0.29) is 0 Å². The molecule has 0 spiro atoms. The highest BCUT2D eigenvalue weighted by Gasteiger charge is 2.31. The average molecular weight is 262 g/mol. The number of aromatic nitrogens is 2. The van der Waals surface area contributed by atoms with E-state index < -0.39 is 0 Å². The molecule has 2 fully saturated rings. The van der Waals surface area contributed by atoms with Gasteiger partial charge in [-0.25, -0.2) is 4.98 Å². The van der Waals surface area contributed by atoms with Gasteiger partial charge in [0, 0.05) is 30.9 Å². The van der Waals surface area contributed by atoms with Crippen LogP contribution in [0.1, 0.15) is 51.3 Å². The van der Waals surface area contributed by atoms with E-state index >= 15 is 0 Å². The smallest absolute Gasteiger partial charge is 0.0951 e. The second-order valence-corrected chi connectivity index (χ2v) is 6.32. The van der Waals surface area contributed by atoms with Crippen LogP contribution in [0.4, 0.5) is 0 Å². The number of rotatable bonds is 4. The third kappa shape index (κ3) is 2.84. The molecule has 1 aromatic heterocycles. The molecule has 2 aliphatic rings. The summed E-state index contributed by atoms with van der Waals surface area (Å²) in [6.07, 6.45) is 9.38. The maximum absolute atomic E-state index is 4.28. The largest absolute Gasteiger partial charge is 0.331 e. The summed E-state index contributed by atoms with van der Waals surface area (Å²) in [6, 6.07) is 2.03. The standard InChI is InChI=1S/C15H26N4/c1-12(2)19-11-16-9-15(19)10-17-13-5-7-18-6-3-4-14(18)8-13/h9,11-14,17H,3-8,10H2,1-2H3. The van der Waals surface area contributed by atoms with Gasteiger partial charge in [0.15, 0.2) is 0 Å². The first-order valence-corrected chi connectivity index (χ1v) is 7.72. The molecule has 4 heteroatoms. The second kappa shape index (κ2) is 5.63. The average Bonchev–Trinajstić information content (AvgIpc) is 3.04. The summed E-state index contributed by atoms with van der Waals surface area (Å²) in [6.45, 7) is 7.99. The molecule has 0 bridgehead atoms. The van der Waals surface area contributed by atoms with E-state index in [1.54, 1.807) is 0 Å². The molecular formula is C15H26N4. The number of nitrogens with zero attached hydrogens (tertiary/aromatic N) is 3. The van der Waals surface area contributed by atoms with E-state index in [4.69, 9.17) is 0 Å². The summed E-state index contributed by atoms with van der Waals surface area (Å²) in [4.78, 5) is 6.95. The molecule has 0 aliphatic carbocycles. The first-order valence-electron chi connectivity index (χ1n) is 7.72. The molecule has 19 heavy (non-hydrogen) atoms. The number of fused-ring (bicyclic) bond motifs is 1. The molecule has 0 radical (unpaired) electrons. The first-order chi connectivity index (χ1) is 9.24. The Hall–Kier alpha value is -0.870. The zero-order chi connectivity index (χ0) is 13.2. The minimum absolute atomic E-state index is 0.496. The highest BCUT2D eigenvalue weighted by Crippen LogP contribution is 2.27. The molecule has 3 rings (SSSR count). The van der Waals surface area contributed by atoms with Gasteiger partial charge in [0.1, 0.15) is 0 Å². The Morgan fingerprint density at radius 2 is 2.26 bits per heavy atom. The Labute approximate surface area is 116 Å². The van der Waals surface area contributed by atoms with Crippen LogP contribution in [-0.4, -0.2) is 39.6 Å². The molecular weight excluding hydrogens is 236 g/mol. The highest BCUT2D eigenvalue weighted by atomic mass is 15.2. The second-order valence-electron chi connectivity index (χ2n) is 6.32. The monoisotopic (exact) mass is 262 g/mol. The van der Waals surface area contributed by atoms with Gasteiger partial charge in [-0.2, -0.15) is 0 Å². The molecule has 2 unspecified atom stereocenters. The third-order valence-electron chi connectivity index (χ3n) is 4.69. The van der Waals surface area contributed by atoms with E-state index in [1.165, 1.54) is 44.5 Å². The summed E-state index contributed by atoms with van der Waals surface area (Å²) in [5.41, 5.74) is 1.31. The molecule has 106 valence electrons. The van der Waals surface area contributed by atoms with Gasteiger partial charge in [-0.1, -0.05) is 0 Å². The van der Waals surface area contributed by atoms with Gasteiger partial charge in [0.2, 0.25) is 0 Å². The molecule has 2 saturated heterocycles. The maximum Gasteiger partial charge on any atom is 0.0951 e. The van der Waals surface area contributed by atoms with Crippen molar-refractivity contribution in [2.24, 2.45) is 0 Å². The molecule has 4 nitrogen and oxygen atoms in total. The number of hydrogen-bond donors (Lipinski definition) is 1. The lowest BCUT2D eigenvalue weighted by atomic mass is 9.97. The van der Waals surface area contributed by atoms with Gasteiger partial charge in [-0.3, -0.25) is 0 Å². The van der Waals surface area contributed by atoms with Crippen molar-refractivity contribution >= 4 is 0 Å². The zero-order valence-electron chi connectivity index (χ0n) is 12.2. The molecule has 2 atom stereocenters. The molecule has 2 aliphatic heterocycles. The predicted molar refractivity (Wildman–Crippen MR) is 77.1 cm³/mol. The van der Waals surface area contributed by atoms with Crippen molar-refractivity contribution < 1.29 is 0 Å². The predicted octanol–water partition coefficient (Wildman–Crippen LogP) is 2.18. The SMILES string of the molecule is CC(C)n1cncc1CNC1CCN2CCCC2C1. The quantitative estimate of drug-likeness (QED) is 0.903. The fraction of sp³-hybridized carbons (Fsp3) is 0.800. The van der Waals surface area contributed by atoms with E-state index in [0.717, 1.165) is 12.6 Å². The fourth-order valence-electron chi connectivity index (χ4n) is 3.59. The van der Waals surface area contributed by atoms with Crippen molar-refractivity contribution in [1.29, 1.82) is 0 Å². The van der Waals surface area contributed by atoms with Crippen LogP contribution in [-0.2, 0) is 6.54 Å². The fourth-order valence-corrected chi connectivity index (χ4v) is 3.59. The summed E-state index contributed by atoms with van der Waals surface area (Å²) in [5.74, 6) is 0. The Balaban J connectivity index is 1.53. The molecule has 1 N–H and O–H groups in total. The topological polar surface area (TPSA) is 33.1 Å².